The molecule has 1 N–H and O–H groups in total. The molecule has 1 aliphatic heterocycles. The lowest BCUT2D eigenvalue weighted by atomic mass is 10.2. The van der Waals surface area contributed by atoms with Crippen LogP contribution in [0.3, 0.4) is 0 Å². The number of rotatable bonds is 5. The molecule has 24 heavy (non-hydrogen) atoms. The summed E-state index contributed by atoms with van der Waals surface area (Å²) in [5, 5.41) is 3.11. The fourth-order valence-corrected chi connectivity index (χ4v) is 2.84. The number of hydrogen-bond donors (Lipinski definition) is 1. The number of nitrogens with one attached hydrogen (secondary N) is 1. The Balaban J connectivity index is 1.64. The van der Waals surface area contributed by atoms with Crippen LogP contribution in [0, 0.1) is 11.6 Å². The van der Waals surface area contributed by atoms with Gasteiger partial charge < -0.3 is 15.0 Å². The molecule has 1 atom stereocenters. The minimum Gasteiger partial charge on any atom is -0.494 e. The molecule has 1 saturated heterocycles. The van der Waals surface area contributed by atoms with Crippen LogP contribution in [-0.4, -0.2) is 25.6 Å². The predicted molar refractivity (Wildman–Crippen MR) is 86.9 cm³/mol. The highest BCUT2D eigenvalue weighted by molar-refractivity contribution is 5.99. The Kier molecular flexibility index (Phi) is 4.76. The van der Waals surface area contributed by atoms with Gasteiger partial charge in [-0.1, -0.05) is 18.2 Å². The zero-order valence-corrected chi connectivity index (χ0v) is 13.3. The van der Waals surface area contributed by atoms with Gasteiger partial charge in [0.25, 0.3) is 0 Å². The first-order chi connectivity index (χ1) is 11.6. The quantitative estimate of drug-likeness (QED) is 0.915. The maximum Gasteiger partial charge on any atom is 0.244 e. The van der Waals surface area contributed by atoms with Crippen LogP contribution in [0.2, 0.25) is 0 Å². The van der Waals surface area contributed by atoms with Crippen molar-refractivity contribution in [1.82, 2.24) is 5.32 Å². The van der Waals surface area contributed by atoms with Gasteiger partial charge in [-0.25, -0.2) is 8.78 Å². The fourth-order valence-electron chi connectivity index (χ4n) is 2.84. The van der Waals surface area contributed by atoms with Crippen molar-refractivity contribution >= 4 is 11.6 Å². The van der Waals surface area contributed by atoms with E-state index >= 15 is 0 Å². The highest BCUT2D eigenvalue weighted by Crippen LogP contribution is 2.24. The van der Waals surface area contributed by atoms with Crippen LogP contribution in [-0.2, 0) is 11.3 Å². The molecule has 0 aromatic heterocycles. The molecule has 2 aromatic carbocycles. The summed E-state index contributed by atoms with van der Waals surface area (Å²) in [7, 11) is 1.41. The predicted octanol–water partition coefficient (Wildman–Crippen LogP) is 2.87. The van der Waals surface area contributed by atoms with Crippen LogP contribution >= 0.6 is 0 Å². The molecule has 6 heteroatoms. The molecule has 0 saturated carbocycles. The van der Waals surface area contributed by atoms with Crippen molar-refractivity contribution in [2.75, 3.05) is 18.6 Å². The Morgan fingerprint density at radius 3 is 2.71 bits per heavy atom. The number of carbonyl (C=O) groups is 1. The van der Waals surface area contributed by atoms with Gasteiger partial charge in [-0.05, 0) is 36.2 Å². The monoisotopic (exact) mass is 332 g/mol. The Labute approximate surface area is 139 Å². The first-order valence-electron chi connectivity index (χ1n) is 7.72. The number of carbonyl (C=O) groups excluding carboxylic acids is 1. The zero-order valence-electron chi connectivity index (χ0n) is 13.3. The van der Waals surface area contributed by atoms with E-state index in [0.717, 1.165) is 0 Å². The van der Waals surface area contributed by atoms with E-state index in [1.807, 2.05) is 0 Å². The third-order valence-electron chi connectivity index (χ3n) is 4.12. The summed E-state index contributed by atoms with van der Waals surface area (Å²) in [5.41, 5.74) is 1.01. The van der Waals surface area contributed by atoms with Crippen molar-refractivity contribution in [3.8, 4) is 5.75 Å². The zero-order chi connectivity index (χ0) is 17.1. The molecule has 1 fully saturated rings. The van der Waals surface area contributed by atoms with Crippen LogP contribution in [0.5, 0.6) is 5.75 Å². The summed E-state index contributed by atoms with van der Waals surface area (Å²) < 4.78 is 32.4. The average Bonchev–Trinajstić information content (AvgIpc) is 2.94. The summed E-state index contributed by atoms with van der Waals surface area (Å²) in [6, 6.07) is 10.5. The number of anilines is 1. The minimum atomic E-state index is -0.442. The molecule has 1 amide bonds. The molecule has 3 rings (SSSR count). The molecule has 2 aromatic rings. The number of para-hydroxylation sites is 1. The normalized spacial score (nSPS) is 17.4. The number of amides is 1. The van der Waals surface area contributed by atoms with Crippen molar-refractivity contribution in [2.24, 2.45) is 0 Å². The summed E-state index contributed by atoms with van der Waals surface area (Å²) in [4.78, 5) is 13.9. The number of benzene rings is 2. The highest BCUT2D eigenvalue weighted by Gasteiger charge is 2.33. The van der Waals surface area contributed by atoms with E-state index in [9.17, 15) is 13.6 Å². The lowest BCUT2D eigenvalue weighted by molar-refractivity contribution is -0.118. The highest BCUT2D eigenvalue weighted by atomic mass is 19.1. The molecule has 1 heterocycles. The third kappa shape index (κ3) is 3.23. The Morgan fingerprint density at radius 1 is 1.21 bits per heavy atom. The van der Waals surface area contributed by atoms with E-state index < -0.39 is 17.7 Å². The summed E-state index contributed by atoms with van der Waals surface area (Å²) in [6.07, 6.45) is 0.575. The topological polar surface area (TPSA) is 41.6 Å². The second kappa shape index (κ2) is 6.97. The molecular weight excluding hydrogens is 314 g/mol. The van der Waals surface area contributed by atoms with Gasteiger partial charge in [-0.15, -0.1) is 0 Å². The Bertz CT molecular complexity index is 752. The second-order valence-electron chi connectivity index (χ2n) is 5.63. The van der Waals surface area contributed by atoms with E-state index in [1.165, 1.54) is 24.1 Å². The van der Waals surface area contributed by atoms with E-state index in [4.69, 9.17) is 4.74 Å². The van der Waals surface area contributed by atoms with Crippen molar-refractivity contribution < 1.29 is 18.3 Å². The van der Waals surface area contributed by atoms with Gasteiger partial charge >= 0.3 is 0 Å². The van der Waals surface area contributed by atoms with Gasteiger partial charge in [-0.2, -0.15) is 0 Å². The van der Waals surface area contributed by atoms with Crippen LogP contribution in [0.15, 0.2) is 42.5 Å². The molecule has 0 unspecified atom stereocenters. The van der Waals surface area contributed by atoms with E-state index in [-0.39, 0.29) is 11.7 Å². The van der Waals surface area contributed by atoms with Crippen LogP contribution in [0.25, 0.3) is 0 Å². The molecule has 4 nitrogen and oxygen atoms in total. The summed E-state index contributed by atoms with van der Waals surface area (Å²) >= 11 is 0. The number of hydrogen-bond acceptors (Lipinski definition) is 3. The van der Waals surface area contributed by atoms with Crippen molar-refractivity contribution in [3.05, 3.63) is 59.7 Å². The largest absolute Gasteiger partial charge is 0.494 e. The fraction of sp³-hybridized carbons (Fsp3) is 0.278. The lowest BCUT2D eigenvalue weighted by Gasteiger charge is -2.18. The second-order valence-corrected chi connectivity index (χ2v) is 5.63. The molecule has 0 aliphatic carbocycles. The van der Waals surface area contributed by atoms with E-state index in [1.54, 1.807) is 30.3 Å². The molecule has 1 aliphatic rings. The van der Waals surface area contributed by atoms with Gasteiger partial charge in [0.2, 0.25) is 5.91 Å². The lowest BCUT2D eigenvalue weighted by Crippen LogP contribution is -2.38. The van der Waals surface area contributed by atoms with Gasteiger partial charge in [0, 0.05) is 13.1 Å². The molecule has 0 spiro atoms. The number of nitrogens with zero attached hydrogens (tertiary/aromatic N) is 1. The maximum atomic E-state index is 13.8. The first kappa shape index (κ1) is 16.4. The van der Waals surface area contributed by atoms with E-state index in [0.29, 0.717) is 30.8 Å². The minimum absolute atomic E-state index is 0.172. The van der Waals surface area contributed by atoms with Crippen molar-refractivity contribution in [3.63, 3.8) is 0 Å². The number of ether oxygens (including phenoxy) is 1. The SMILES string of the molecule is COc1ccc(CN[C@H]2CCN(c3ccccc3F)C2=O)cc1F. The van der Waals surface area contributed by atoms with Gasteiger partial charge in [-0.3, -0.25) is 4.79 Å². The third-order valence-corrected chi connectivity index (χ3v) is 4.12. The number of halogens is 2. The molecule has 126 valence electrons. The molecule has 0 radical (unpaired) electrons. The standard InChI is InChI=1S/C18H18F2N2O2/c1-24-17-7-6-12(10-14(17)20)11-21-15-8-9-22(18(15)23)16-5-3-2-4-13(16)19/h2-7,10,15,21H,8-9,11H2,1H3/t15-/m0/s1. The van der Waals surface area contributed by atoms with Crippen molar-refractivity contribution in [1.29, 1.82) is 0 Å². The van der Waals surface area contributed by atoms with Crippen LogP contribution in [0.1, 0.15) is 12.0 Å². The van der Waals surface area contributed by atoms with Gasteiger partial charge in [0.15, 0.2) is 11.6 Å². The number of methoxy groups -OCH3 is 1. The van der Waals surface area contributed by atoms with Crippen LogP contribution < -0.4 is 15.0 Å². The average molecular weight is 332 g/mol. The summed E-state index contributed by atoms with van der Waals surface area (Å²) in [6.45, 7) is 0.802. The maximum absolute atomic E-state index is 13.8. The first-order valence-corrected chi connectivity index (χ1v) is 7.72. The molecule has 0 bridgehead atoms. The Morgan fingerprint density at radius 2 is 2.00 bits per heavy atom. The smallest absolute Gasteiger partial charge is 0.244 e. The summed E-state index contributed by atoms with van der Waals surface area (Å²) in [5.74, 6) is -0.846. The van der Waals surface area contributed by atoms with Gasteiger partial charge in [0.1, 0.15) is 5.82 Å². The van der Waals surface area contributed by atoms with E-state index in [2.05, 4.69) is 5.32 Å². The molecular formula is C18H18F2N2O2. The van der Waals surface area contributed by atoms with Crippen LogP contribution in [0.4, 0.5) is 14.5 Å². The Hall–Kier alpha value is -2.47. The van der Waals surface area contributed by atoms with Crippen molar-refractivity contribution in [2.45, 2.75) is 19.0 Å². The van der Waals surface area contributed by atoms with Gasteiger partial charge in [0.05, 0.1) is 18.8 Å².